The van der Waals surface area contributed by atoms with E-state index in [-0.39, 0.29) is 46.1 Å². The number of fused-ring (bicyclic) bond motifs is 1. The van der Waals surface area contributed by atoms with Crippen LogP contribution in [0.3, 0.4) is 0 Å². The third-order valence-electron chi connectivity index (χ3n) is 11.7. The molecule has 6 aromatic carbocycles. The Hall–Kier alpha value is -9.71. The van der Waals surface area contributed by atoms with Crippen LogP contribution in [-0.4, -0.2) is 80.3 Å². The maximum Gasteiger partial charge on any atom is 0.417 e. The highest BCUT2D eigenvalue weighted by atomic mass is 79.9. The Balaban J connectivity index is 0.000000175. The predicted molar refractivity (Wildman–Crippen MR) is 303 cm³/mol. The van der Waals surface area contributed by atoms with Crippen molar-refractivity contribution < 1.29 is 52.1 Å². The molecule has 10 N–H and O–H groups in total. The number of phenolic OH excluding ortho intramolecular Hbond substituents is 3. The quantitative estimate of drug-likeness (QED) is 0.0242. The highest BCUT2D eigenvalue weighted by Gasteiger charge is 2.32. The minimum absolute atomic E-state index is 0.118. The number of urea groups is 2. The Labute approximate surface area is 470 Å². The largest absolute Gasteiger partial charge is 0.507 e. The molecule has 19 nitrogen and oxygen atoms in total. The standard InChI is InChI=1S/C15H13F3N4O.C14H10BrFN2O.C14H13N3O3.C14H19N3O2/c16-15(17,18)11-6-2-1-4-9(11)8-19-22-14(23)13-10-5-3-7-12(10)20-21-13;15-12-6-4-10(5-7-12)9-17-18-14(19)11-2-1-3-13(16)8-11;18-12-7-6-10(8-13(12)19)9-15-17-14(20)16-11-4-2-1-3-5-11;18-13-9-5-4-6-11(13)10-15-17-14(19)16-12-7-2-1-3-8-12/h1-2,4,6,8H,3,5,7H2,(H,20,21)(H,22,23);1-9H,(H,18,19);1-9,18-19H,(H2,16,17,20);4-6,9-10,12,18H,1-3,7-8H2,(H2,16,17,19)/b19-8-;17-9+;15-9+;15-10+. The lowest BCUT2D eigenvalue weighted by molar-refractivity contribution is -0.137. The van der Waals surface area contributed by atoms with Crippen LogP contribution in [0.25, 0.3) is 0 Å². The van der Waals surface area contributed by atoms with Gasteiger partial charge in [-0.1, -0.05) is 102 Å². The number of hydrogen-bond donors (Lipinski definition) is 10. The van der Waals surface area contributed by atoms with Gasteiger partial charge in [-0.25, -0.2) is 35.7 Å². The lowest BCUT2D eigenvalue weighted by Crippen LogP contribution is -2.41. The number of benzene rings is 6. The second-order valence-electron chi connectivity index (χ2n) is 17.6. The highest BCUT2D eigenvalue weighted by molar-refractivity contribution is 9.10. The number of halogens is 5. The Kier molecular flexibility index (Phi) is 23.2. The van der Waals surface area contributed by atoms with Crippen molar-refractivity contribution in [1.82, 2.24) is 37.2 Å². The highest BCUT2D eigenvalue weighted by Crippen LogP contribution is 2.31. The molecule has 1 fully saturated rings. The summed E-state index contributed by atoms with van der Waals surface area (Å²) in [7, 11) is 0. The van der Waals surface area contributed by atoms with Gasteiger partial charge in [-0.2, -0.15) is 38.7 Å². The van der Waals surface area contributed by atoms with Crippen molar-refractivity contribution in [2.24, 2.45) is 20.4 Å². The normalized spacial score (nSPS) is 13.0. The first-order valence-electron chi connectivity index (χ1n) is 25.0. The molecule has 0 radical (unpaired) electrons. The fraction of sp³-hybridized carbons (Fsp3) is 0.175. The number of nitrogens with one attached hydrogen (secondary N) is 7. The van der Waals surface area contributed by atoms with Gasteiger partial charge in [-0.05, 0) is 122 Å². The van der Waals surface area contributed by atoms with E-state index in [2.05, 4.69) is 78.9 Å². The van der Waals surface area contributed by atoms with Gasteiger partial charge in [0.05, 0.1) is 30.4 Å². The molecule has 81 heavy (non-hydrogen) atoms. The van der Waals surface area contributed by atoms with Crippen molar-refractivity contribution in [3.63, 3.8) is 0 Å². The van der Waals surface area contributed by atoms with E-state index in [0.29, 0.717) is 16.8 Å². The van der Waals surface area contributed by atoms with E-state index in [1.807, 2.05) is 30.3 Å². The van der Waals surface area contributed by atoms with Crippen LogP contribution in [0.5, 0.6) is 17.2 Å². The number of para-hydroxylation sites is 2. The monoisotopic (exact) mass is 1170 g/mol. The molecule has 0 spiro atoms. The molecule has 24 heteroatoms. The number of anilines is 1. The van der Waals surface area contributed by atoms with E-state index >= 15 is 0 Å². The smallest absolute Gasteiger partial charge is 0.417 e. The third kappa shape index (κ3) is 20.6. The minimum Gasteiger partial charge on any atom is -0.507 e. The van der Waals surface area contributed by atoms with Crippen molar-refractivity contribution in [3.8, 4) is 17.2 Å². The van der Waals surface area contributed by atoms with Crippen molar-refractivity contribution in [2.45, 2.75) is 63.6 Å². The van der Waals surface area contributed by atoms with Crippen LogP contribution in [0.15, 0.2) is 170 Å². The van der Waals surface area contributed by atoms with E-state index in [1.165, 1.54) is 86.4 Å². The zero-order valence-corrected chi connectivity index (χ0v) is 44.6. The summed E-state index contributed by atoms with van der Waals surface area (Å²) in [6.45, 7) is 0. The molecule has 1 aromatic heterocycles. The molecule has 0 saturated heterocycles. The van der Waals surface area contributed by atoms with Gasteiger partial charge in [0.15, 0.2) is 17.2 Å². The SMILES string of the molecule is O=C(N/N=C/c1ccc(Br)cc1)c1cccc(F)c1.O=C(N/N=C/c1ccc(O)c(O)c1)Nc1ccccc1.O=C(N/N=C/c1ccccc1O)NC1CCCCC1.O=C(N/N=C\c1ccccc1C(F)(F)F)c1n[nH]c2c1CCC2. The van der Waals surface area contributed by atoms with Gasteiger partial charge in [0.1, 0.15) is 11.6 Å². The van der Waals surface area contributed by atoms with Gasteiger partial charge in [0.2, 0.25) is 0 Å². The second-order valence-corrected chi connectivity index (χ2v) is 18.5. The topological polar surface area (TPSA) is 279 Å². The van der Waals surface area contributed by atoms with Gasteiger partial charge in [-0.15, -0.1) is 0 Å². The number of phenols is 3. The average molecular weight is 1180 g/mol. The number of aromatic amines is 1. The average Bonchev–Trinajstić information content (AvgIpc) is 4.11. The van der Waals surface area contributed by atoms with Crippen LogP contribution in [0.4, 0.5) is 32.8 Å². The maximum atomic E-state index is 12.9. The molecular weight excluding hydrogens is 1120 g/mol. The van der Waals surface area contributed by atoms with Crippen LogP contribution in [-0.2, 0) is 19.0 Å². The number of aromatic hydroxyl groups is 3. The molecule has 1 saturated carbocycles. The Bertz CT molecular complexity index is 3340. The molecule has 9 rings (SSSR count). The summed E-state index contributed by atoms with van der Waals surface area (Å²) in [4.78, 5) is 46.7. The molecule has 0 bridgehead atoms. The van der Waals surface area contributed by atoms with Gasteiger partial charge in [-0.3, -0.25) is 14.7 Å². The van der Waals surface area contributed by atoms with Crippen LogP contribution in [0.2, 0.25) is 0 Å². The number of nitrogens with zero attached hydrogens (tertiary/aromatic N) is 5. The van der Waals surface area contributed by atoms with Crippen molar-refractivity contribution in [1.29, 1.82) is 0 Å². The summed E-state index contributed by atoms with van der Waals surface area (Å²) in [5.74, 6) is -1.76. The number of H-pyrrole nitrogens is 1. The lowest BCUT2D eigenvalue weighted by atomic mass is 9.96. The summed E-state index contributed by atoms with van der Waals surface area (Å²) in [6, 6.07) is 37.4. The van der Waals surface area contributed by atoms with Crippen LogP contribution < -0.4 is 32.3 Å². The Morgan fingerprint density at radius 3 is 1.93 bits per heavy atom. The number of hydrazone groups is 4. The summed E-state index contributed by atoms with van der Waals surface area (Å²) < 4.78 is 52.4. The molecule has 1 heterocycles. The molecule has 2 aliphatic rings. The molecule has 420 valence electrons. The maximum absolute atomic E-state index is 12.9. The number of amides is 6. The van der Waals surface area contributed by atoms with Crippen LogP contribution >= 0.6 is 15.9 Å². The van der Waals surface area contributed by atoms with Crippen molar-refractivity contribution in [2.75, 3.05) is 5.32 Å². The summed E-state index contributed by atoms with van der Waals surface area (Å²) in [5, 5.41) is 55.2. The number of carbonyl (C=O) groups excluding carboxylic acids is 4. The number of aryl methyl sites for hydroxylation is 1. The number of rotatable bonds is 12. The molecule has 7 aromatic rings. The van der Waals surface area contributed by atoms with Gasteiger partial charge in [0, 0.05) is 44.1 Å². The number of alkyl halides is 3. The number of aromatic nitrogens is 2. The second kappa shape index (κ2) is 31.0. The third-order valence-corrected chi connectivity index (χ3v) is 12.2. The molecule has 0 aliphatic heterocycles. The summed E-state index contributed by atoms with van der Waals surface area (Å²) in [6.07, 6.45) is 9.03. The molecule has 0 unspecified atom stereocenters. The zero-order chi connectivity index (χ0) is 58.0. The van der Waals surface area contributed by atoms with E-state index in [4.69, 9.17) is 5.11 Å². The Morgan fingerprint density at radius 1 is 0.593 bits per heavy atom. The predicted octanol–water partition coefficient (Wildman–Crippen LogP) is 10.6. The molecule has 0 atom stereocenters. The van der Waals surface area contributed by atoms with E-state index < -0.39 is 35.4 Å². The molecular formula is C57H55BrF4N12O7. The number of hydrogen-bond acceptors (Lipinski definition) is 12. The summed E-state index contributed by atoms with van der Waals surface area (Å²) in [5.41, 5.74) is 13.2. The zero-order valence-electron chi connectivity index (χ0n) is 43.0. The molecule has 2 aliphatic carbocycles. The first-order chi connectivity index (χ1) is 39.0. The van der Waals surface area contributed by atoms with E-state index in [0.717, 1.165) is 71.7 Å². The van der Waals surface area contributed by atoms with Crippen LogP contribution in [0.1, 0.15) is 98.4 Å². The van der Waals surface area contributed by atoms with Crippen LogP contribution in [0, 0.1) is 5.82 Å². The fourth-order valence-electron chi connectivity index (χ4n) is 7.69. The fourth-order valence-corrected chi connectivity index (χ4v) is 7.95. The summed E-state index contributed by atoms with van der Waals surface area (Å²) >= 11 is 3.32. The van der Waals surface area contributed by atoms with Crippen molar-refractivity contribution in [3.05, 3.63) is 206 Å². The van der Waals surface area contributed by atoms with Crippen molar-refractivity contribution >= 4 is 70.4 Å². The number of carbonyl (C=O) groups is 4. The van der Waals surface area contributed by atoms with Gasteiger partial charge in [0.25, 0.3) is 11.8 Å². The first-order valence-corrected chi connectivity index (χ1v) is 25.8. The van der Waals surface area contributed by atoms with E-state index in [1.54, 1.807) is 54.6 Å². The van der Waals surface area contributed by atoms with E-state index in [9.17, 15) is 47.0 Å². The van der Waals surface area contributed by atoms with Gasteiger partial charge >= 0.3 is 18.2 Å². The first kappa shape index (κ1) is 60.5. The van der Waals surface area contributed by atoms with Gasteiger partial charge < -0.3 is 26.0 Å². The molecule has 6 amide bonds. The Morgan fingerprint density at radius 2 is 1.21 bits per heavy atom. The minimum atomic E-state index is -4.48. The lowest BCUT2D eigenvalue weighted by Gasteiger charge is -2.22.